The molecule has 0 fully saturated rings. The predicted molar refractivity (Wildman–Crippen MR) is 82.2 cm³/mol. The van der Waals surface area contributed by atoms with Gasteiger partial charge in [0.25, 0.3) is 0 Å². The van der Waals surface area contributed by atoms with E-state index in [4.69, 9.17) is 0 Å². The molecule has 0 aliphatic carbocycles. The molecular weight excluding hydrogens is 266 g/mol. The SMILES string of the molecule is CCn1cc(O)c(=O)cc1/C=C/C(=O)Cc1ccccc1. The van der Waals surface area contributed by atoms with Crippen molar-refractivity contribution in [3.05, 3.63) is 70.2 Å². The van der Waals surface area contributed by atoms with Crippen molar-refractivity contribution in [1.29, 1.82) is 0 Å². The van der Waals surface area contributed by atoms with Gasteiger partial charge in [-0.2, -0.15) is 0 Å². The zero-order valence-corrected chi connectivity index (χ0v) is 11.8. The third-order valence-electron chi connectivity index (χ3n) is 3.14. The molecule has 108 valence electrons. The van der Waals surface area contributed by atoms with Crippen LogP contribution in [0, 0.1) is 0 Å². The molecule has 0 saturated heterocycles. The number of hydrogen-bond donors (Lipinski definition) is 1. The molecule has 4 nitrogen and oxygen atoms in total. The number of benzene rings is 1. The average molecular weight is 283 g/mol. The highest BCUT2D eigenvalue weighted by Gasteiger charge is 2.03. The lowest BCUT2D eigenvalue weighted by Gasteiger charge is -2.07. The lowest BCUT2D eigenvalue weighted by molar-refractivity contribution is -0.113. The molecule has 1 N–H and O–H groups in total. The topological polar surface area (TPSA) is 59.3 Å². The van der Waals surface area contributed by atoms with Crippen molar-refractivity contribution in [3.63, 3.8) is 0 Å². The number of nitrogens with zero attached hydrogens (tertiary/aromatic N) is 1. The molecule has 4 heteroatoms. The van der Waals surface area contributed by atoms with E-state index in [9.17, 15) is 14.7 Å². The third-order valence-corrected chi connectivity index (χ3v) is 3.14. The Bertz CT molecular complexity index is 715. The van der Waals surface area contributed by atoms with Crippen LogP contribution in [0.25, 0.3) is 6.08 Å². The highest BCUT2D eigenvalue weighted by Crippen LogP contribution is 2.08. The highest BCUT2D eigenvalue weighted by atomic mass is 16.3. The third kappa shape index (κ3) is 3.92. The summed E-state index contributed by atoms with van der Waals surface area (Å²) < 4.78 is 1.71. The van der Waals surface area contributed by atoms with Crippen LogP contribution >= 0.6 is 0 Å². The van der Waals surface area contributed by atoms with Crippen LogP contribution in [-0.2, 0) is 17.8 Å². The summed E-state index contributed by atoms with van der Waals surface area (Å²) in [6.07, 6.45) is 4.77. The Kier molecular flexibility index (Phi) is 4.72. The van der Waals surface area contributed by atoms with Crippen LogP contribution in [0.5, 0.6) is 5.75 Å². The largest absolute Gasteiger partial charge is 0.503 e. The summed E-state index contributed by atoms with van der Waals surface area (Å²) in [5.74, 6) is -0.325. The van der Waals surface area contributed by atoms with Gasteiger partial charge in [-0.15, -0.1) is 0 Å². The normalized spacial score (nSPS) is 10.9. The van der Waals surface area contributed by atoms with Crippen molar-refractivity contribution < 1.29 is 9.90 Å². The summed E-state index contributed by atoms with van der Waals surface area (Å²) in [5, 5.41) is 9.40. The van der Waals surface area contributed by atoms with Crippen LogP contribution < -0.4 is 5.43 Å². The fourth-order valence-corrected chi connectivity index (χ4v) is 2.03. The summed E-state index contributed by atoms with van der Waals surface area (Å²) in [6.45, 7) is 2.49. The average Bonchev–Trinajstić information content (AvgIpc) is 2.49. The van der Waals surface area contributed by atoms with Gasteiger partial charge in [0.2, 0.25) is 5.43 Å². The second-order valence-corrected chi connectivity index (χ2v) is 4.70. The van der Waals surface area contributed by atoms with Crippen molar-refractivity contribution >= 4 is 11.9 Å². The number of aromatic nitrogens is 1. The number of pyridine rings is 1. The first-order valence-electron chi connectivity index (χ1n) is 6.78. The number of allylic oxidation sites excluding steroid dienone is 1. The van der Waals surface area contributed by atoms with Crippen LogP contribution in [0.3, 0.4) is 0 Å². The molecule has 1 aromatic carbocycles. The summed E-state index contributed by atoms with van der Waals surface area (Å²) in [5.41, 5.74) is 1.10. The van der Waals surface area contributed by atoms with Crippen LogP contribution in [0.1, 0.15) is 18.2 Å². The second-order valence-electron chi connectivity index (χ2n) is 4.70. The number of hydrogen-bond acceptors (Lipinski definition) is 3. The molecule has 2 rings (SSSR count). The predicted octanol–water partition coefficient (Wildman–Crippen LogP) is 2.40. The number of carbonyl (C=O) groups excluding carboxylic acids is 1. The van der Waals surface area contributed by atoms with E-state index in [1.165, 1.54) is 18.3 Å². The molecule has 0 atom stereocenters. The van der Waals surface area contributed by atoms with Gasteiger partial charge in [0.15, 0.2) is 11.5 Å². The van der Waals surface area contributed by atoms with Gasteiger partial charge >= 0.3 is 0 Å². The number of aromatic hydroxyl groups is 1. The van der Waals surface area contributed by atoms with Crippen molar-refractivity contribution in [1.82, 2.24) is 4.57 Å². The van der Waals surface area contributed by atoms with E-state index in [-0.39, 0.29) is 11.5 Å². The van der Waals surface area contributed by atoms with Gasteiger partial charge in [-0.25, -0.2) is 0 Å². The highest BCUT2D eigenvalue weighted by molar-refractivity contribution is 5.94. The molecule has 0 bridgehead atoms. The van der Waals surface area contributed by atoms with Crippen molar-refractivity contribution in [2.75, 3.05) is 0 Å². The van der Waals surface area contributed by atoms with Crippen LogP contribution in [0.2, 0.25) is 0 Å². The lowest BCUT2D eigenvalue weighted by atomic mass is 10.1. The quantitative estimate of drug-likeness (QED) is 0.857. The summed E-state index contributed by atoms with van der Waals surface area (Å²) in [4.78, 5) is 23.4. The van der Waals surface area contributed by atoms with Crippen molar-refractivity contribution in [2.24, 2.45) is 0 Å². The van der Waals surface area contributed by atoms with Crippen LogP contribution in [0.15, 0.2) is 53.5 Å². The maximum atomic E-state index is 11.9. The molecular formula is C17H17NO3. The molecule has 0 radical (unpaired) electrons. The number of carbonyl (C=O) groups is 1. The van der Waals surface area contributed by atoms with E-state index < -0.39 is 5.43 Å². The fourth-order valence-electron chi connectivity index (χ4n) is 2.03. The first kappa shape index (κ1) is 14.8. The number of rotatable bonds is 5. The van der Waals surface area contributed by atoms with Gasteiger partial charge in [0, 0.05) is 24.7 Å². The first-order valence-corrected chi connectivity index (χ1v) is 6.78. The Morgan fingerprint density at radius 3 is 2.67 bits per heavy atom. The Morgan fingerprint density at radius 2 is 2.00 bits per heavy atom. The minimum Gasteiger partial charge on any atom is -0.503 e. The monoisotopic (exact) mass is 283 g/mol. The Balaban J connectivity index is 2.16. The van der Waals surface area contributed by atoms with Crippen LogP contribution in [0.4, 0.5) is 0 Å². The summed E-state index contributed by atoms with van der Waals surface area (Å²) in [7, 11) is 0. The second kappa shape index (κ2) is 6.70. The van der Waals surface area contributed by atoms with Crippen LogP contribution in [-0.4, -0.2) is 15.5 Å². The standard InChI is InChI=1S/C17H17NO3/c1-2-18-12-17(21)16(20)11-14(18)8-9-15(19)10-13-6-4-3-5-7-13/h3-9,11-12,21H,2,10H2,1H3/b9-8+. The first-order chi connectivity index (χ1) is 10.1. The maximum Gasteiger partial charge on any atom is 0.223 e. The van der Waals surface area contributed by atoms with Gasteiger partial charge in [-0.3, -0.25) is 9.59 Å². The van der Waals surface area contributed by atoms with Gasteiger partial charge in [0.05, 0.1) is 6.20 Å². The number of aryl methyl sites for hydroxylation is 1. The Labute approximate surface area is 123 Å². The molecule has 21 heavy (non-hydrogen) atoms. The lowest BCUT2D eigenvalue weighted by Crippen LogP contribution is -2.09. The molecule has 1 heterocycles. The molecule has 0 aliphatic rings. The van der Waals surface area contributed by atoms with E-state index in [2.05, 4.69) is 0 Å². The molecule has 2 aromatic rings. The molecule has 0 aliphatic heterocycles. The molecule has 0 saturated carbocycles. The Hall–Kier alpha value is -2.62. The summed E-state index contributed by atoms with van der Waals surface area (Å²) >= 11 is 0. The minimum atomic E-state index is -0.449. The van der Waals surface area contributed by atoms with Gasteiger partial charge < -0.3 is 9.67 Å². The number of ketones is 1. The Morgan fingerprint density at radius 1 is 1.29 bits per heavy atom. The van der Waals surface area contributed by atoms with Crippen molar-refractivity contribution in [2.45, 2.75) is 19.9 Å². The smallest absolute Gasteiger partial charge is 0.223 e. The summed E-state index contributed by atoms with van der Waals surface area (Å²) in [6, 6.07) is 10.8. The van der Waals surface area contributed by atoms with Gasteiger partial charge in [-0.05, 0) is 24.6 Å². The van der Waals surface area contributed by atoms with E-state index in [1.807, 2.05) is 37.3 Å². The fraction of sp³-hybridized carbons (Fsp3) is 0.176. The van der Waals surface area contributed by atoms with Gasteiger partial charge in [-0.1, -0.05) is 30.3 Å². The van der Waals surface area contributed by atoms with Crippen molar-refractivity contribution in [3.8, 4) is 5.75 Å². The zero-order valence-electron chi connectivity index (χ0n) is 11.8. The molecule has 0 amide bonds. The maximum absolute atomic E-state index is 11.9. The van der Waals surface area contributed by atoms with Gasteiger partial charge in [0.1, 0.15) is 0 Å². The van der Waals surface area contributed by atoms with E-state index in [1.54, 1.807) is 10.6 Å². The minimum absolute atomic E-state index is 0.0376. The molecule has 1 aromatic heterocycles. The molecule has 0 unspecified atom stereocenters. The van der Waals surface area contributed by atoms with E-state index >= 15 is 0 Å². The van der Waals surface area contributed by atoms with E-state index in [0.717, 1.165) is 5.56 Å². The van der Waals surface area contributed by atoms with E-state index in [0.29, 0.717) is 18.7 Å². The molecule has 0 spiro atoms. The zero-order chi connectivity index (χ0) is 15.2.